The van der Waals surface area contributed by atoms with Gasteiger partial charge in [-0.25, -0.2) is 17.9 Å². The Labute approximate surface area is 180 Å². The molecule has 0 aliphatic carbocycles. The average Bonchev–Trinajstić information content (AvgIpc) is 2.75. The second-order valence-electron chi connectivity index (χ2n) is 6.25. The second kappa shape index (κ2) is 10.7. The van der Waals surface area contributed by atoms with Gasteiger partial charge in [0.05, 0.1) is 23.1 Å². The van der Waals surface area contributed by atoms with Gasteiger partial charge in [0.1, 0.15) is 4.90 Å². The highest BCUT2D eigenvalue weighted by Crippen LogP contribution is 2.23. The van der Waals surface area contributed by atoms with Crippen LogP contribution >= 0.6 is 11.6 Å². The molecule has 0 aromatic heterocycles. The van der Waals surface area contributed by atoms with Gasteiger partial charge in [-0.15, -0.1) is 0 Å². The Bertz CT molecular complexity index is 1050. The lowest BCUT2D eigenvalue weighted by Gasteiger charge is -2.15. The van der Waals surface area contributed by atoms with Crippen molar-refractivity contribution in [2.75, 3.05) is 20.2 Å². The van der Waals surface area contributed by atoms with Crippen molar-refractivity contribution < 1.29 is 22.7 Å². The van der Waals surface area contributed by atoms with Crippen molar-refractivity contribution in [3.63, 3.8) is 0 Å². The molecule has 0 saturated carbocycles. The van der Waals surface area contributed by atoms with Crippen LogP contribution in [0.2, 0.25) is 5.02 Å². The number of carbonyl (C=O) groups is 2. The fraction of sp³-hybridized carbons (Fsp3) is 0.250. The number of amides is 1. The molecule has 30 heavy (non-hydrogen) atoms. The molecule has 158 valence electrons. The molecule has 2 aromatic carbocycles. The first kappa shape index (κ1) is 23.3. The van der Waals surface area contributed by atoms with Gasteiger partial charge < -0.3 is 9.64 Å². The van der Waals surface area contributed by atoms with Gasteiger partial charge in [-0.2, -0.15) is 5.26 Å². The first-order valence-electron chi connectivity index (χ1n) is 8.86. The molecule has 2 rings (SSSR count). The Hall–Kier alpha value is -2.93. The standard InChI is InChI=1S/C20H20ClN3O5S/c1-24(11-5-10-22)19(25)14-29-20(26)16-8-9-17(21)18(12-16)30(27,28)23-13-15-6-3-2-4-7-15/h2-4,6-9,12,23H,5,11,13-14H2,1H3. The summed E-state index contributed by atoms with van der Waals surface area (Å²) in [6.45, 7) is -0.265. The Morgan fingerprint density at radius 3 is 2.57 bits per heavy atom. The van der Waals surface area contributed by atoms with Crippen molar-refractivity contribution in [2.45, 2.75) is 17.9 Å². The molecule has 10 heteroatoms. The van der Waals surface area contributed by atoms with E-state index in [0.29, 0.717) is 0 Å². The number of rotatable bonds is 9. The summed E-state index contributed by atoms with van der Waals surface area (Å²) in [6.07, 6.45) is 0.157. The number of nitriles is 1. The number of hydrogen-bond acceptors (Lipinski definition) is 6. The Kier molecular flexibility index (Phi) is 8.35. The topological polar surface area (TPSA) is 117 Å². The summed E-state index contributed by atoms with van der Waals surface area (Å²) in [5.41, 5.74) is 0.693. The zero-order valence-electron chi connectivity index (χ0n) is 16.2. The summed E-state index contributed by atoms with van der Waals surface area (Å²) in [7, 11) is -2.51. The van der Waals surface area contributed by atoms with Gasteiger partial charge in [0.15, 0.2) is 6.61 Å². The highest BCUT2D eigenvalue weighted by atomic mass is 35.5. The number of nitrogens with one attached hydrogen (secondary N) is 1. The molecular weight excluding hydrogens is 430 g/mol. The predicted octanol–water partition coefficient (Wildman–Crippen LogP) is 2.35. The van der Waals surface area contributed by atoms with Gasteiger partial charge in [0.25, 0.3) is 5.91 Å². The first-order chi connectivity index (χ1) is 14.2. The van der Waals surface area contributed by atoms with E-state index in [-0.39, 0.29) is 35.0 Å². The van der Waals surface area contributed by atoms with E-state index in [1.807, 2.05) is 12.1 Å². The largest absolute Gasteiger partial charge is 0.452 e. The van der Waals surface area contributed by atoms with E-state index in [0.717, 1.165) is 11.6 Å². The van der Waals surface area contributed by atoms with Crippen LogP contribution in [0.4, 0.5) is 0 Å². The minimum atomic E-state index is -4.00. The van der Waals surface area contributed by atoms with Crippen molar-refractivity contribution in [1.29, 1.82) is 5.26 Å². The molecular formula is C20H20ClN3O5S. The van der Waals surface area contributed by atoms with Crippen molar-refractivity contribution in [1.82, 2.24) is 9.62 Å². The van der Waals surface area contributed by atoms with Gasteiger partial charge in [-0.1, -0.05) is 41.9 Å². The molecule has 0 bridgehead atoms. The van der Waals surface area contributed by atoms with Crippen LogP contribution in [0.25, 0.3) is 0 Å². The van der Waals surface area contributed by atoms with E-state index < -0.39 is 28.5 Å². The lowest BCUT2D eigenvalue weighted by molar-refractivity contribution is -0.133. The van der Waals surface area contributed by atoms with Gasteiger partial charge in [-0.3, -0.25) is 4.79 Å². The average molecular weight is 450 g/mol. The molecule has 0 heterocycles. The maximum absolute atomic E-state index is 12.6. The Morgan fingerprint density at radius 1 is 1.20 bits per heavy atom. The molecule has 0 spiro atoms. The predicted molar refractivity (Wildman–Crippen MR) is 110 cm³/mol. The third-order valence-electron chi connectivity index (χ3n) is 4.08. The van der Waals surface area contributed by atoms with Crippen molar-refractivity contribution in [3.05, 3.63) is 64.7 Å². The highest BCUT2D eigenvalue weighted by molar-refractivity contribution is 7.89. The SMILES string of the molecule is CN(CCC#N)C(=O)COC(=O)c1ccc(Cl)c(S(=O)(=O)NCc2ccccc2)c1. The smallest absolute Gasteiger partial charge is 0.338 e. The van der Waals surface area contributed by atoms with Crippen LogP contribution in [0.15, 0.2) is 53.4 Å². The van der Waals surface area contributed by atoms with Gasteiger partial charge in [0, 0.05) is 20.1 Å². The molecule has 0 aliphatic rings. The van der Waals surface area contributed by atoms with E-state index >= 15 is 0 Å². The zero-order chi connectivity index (χ0) is 22.1. The van der Waals surface area contributed by atoms with Gasteiger partial charge in [-0.05, 0) is 23.8 Å². The Morgan fingerprint density at radius 2 is 1.90 bits per heavy atom. The highest BCUT2D eigenvalue weighted by Gasteiger charge is 2.21. The van der Waals surface area contributed by atoms with Crippen LogP contribution in [-0.2, 0) is 26.1 Å². The molecule has 8 nitrogen and oxygen atoms in total. The third-order valence-corrected chi connectivity index (χ3v) is 5.96. The van der Waals surface area contributed by atoms with Gasteiger partial charge in [0.2, 0.25) is 10.0 Å². The normalized spacial score (nSPS) is 10.8. The summed E-state index contributed by atoms with van der Waals surface area (Å²) in [5.74, 6) is -1.35. The van der Waals surface area contributed by atoms with Gasteiger partial charge >= 0.3 is 5.97 Å². The fourth-order valence-corrected chi connectivity index (χ4v) is 3.89. The molecule has 1 N–H and O–H groups in total. The number of nitrogens with zero attached hydrogens (tertiary/aromatic N) is 2. The van der Waals surface area contributed by atoms with Crippen LogP contribution in [0.5, 0.6) is 0 Å². The number of carbonyl (C=O) groups excluding carboxylic acids is 2. The third kappa shape index (κ3) is 6.56. The summed E-state index contributed by atoms with van der Waals surface area (Å²) >= 11 is 6.03. The first-order valence-corrected chi connectivity index (χ1v) is 10.7. The van der Waals surface area contributed by atoms with Crippen LogP contribution in [0.3, 0.4) is 0 Å². The van der Waals surface area contributed by atoms with Crippen molar-refractivity contribution in [3.8, 4) is 6.07 Å². The molecule has 0 atom stereocenters. The van der Waals surface area contributed by atoms with Crippen LogP contribution in [0, 0.1) is 11.3 Å². The Balaban J connectivity index is 2.07. The number of benzene rings is 2. The number of sulfonamides is 1. The maximum Gasteiger partial charge on any atom is 0.338 e. The molecule has 0 fully saturated rings. The molecule has 0 radical (unpaired) electrons. The van der Waals surface area contributed by atoms with Crippen molar-refractivity contribution in [2.24, 2.45) is 0 Å². The minimum Gasteiger partial charge on any atom is -0.452 e. The number of hydrogen-bond donors (Lipinski definition) is 1. The summed E-state index contributed by atoms with van der Waals surface area (Å²) in [4.78, 5) is 25.1. The maximum atomic E-state index is 12.6. The van der Waals surface area contributed by atoms with E-state index in [1.165, 1.54) is 24.1 Å². The molecule has 0 unspecified atom stereocenters. The number of likely N-dealkylation sites (N-methyl/N-ethyl adjacent to an activating group) is 1. The van der Waals surface area contributed by atoms with E-state index in [2.05, 4.69) is 4.72 Å². The fourth-order valence-electron chi connectivity index (χ4n) is 2.35. The number of ether oxygens (including phenoxy) is 1. The quantitative estimate of drug-likeness (QED) is 0.587. The monoisotopic (exact) mass is 449 g/mol. The summed E-state index contributed by atoms with van der Waals surface area (Å²) < 4.78 is 32.6. The lowest BCUT2D eigenvalue weighted by atomic mass is 10.2. The van der Waals surface area contributed by atoms with Crippen molar-refractivity contribution >= 4 is 33.5 Å². The van der Waals surface area contributed by atoms with E-state index in [4.69, 9.17) is 21.6 Å². The molecule has 0 aliphatic heterocycles. The number of esters is 1. The molecule has 2 aromatic rings. The molecule has 1 amide bonds. The minimum absolute atomic E-state index is 0.0533. The van der Waals surface area contributed by atoms with Crippen LogP contribution < -0.4 is 4.72 Å². The van der Waals surface area contributed by atoms with Crippen LogP contribution in [0.1, 0.15) is 22.3 Å². The summed E-state index contributed by atoms with van der Waals surface area (Å²) in [6, 6.07) is 14.5. The molecule has 0 saturated heterocycles. The van der Waals surface area contributed by atoms with E-state index in [1.54, 1.807) is 24.3 Å². The van der Waals surface area contributed by atoms with E-state index in [9.17, 15) is 18.0 Å². The number of halogens is 1. The van der Waals surface area contributed by atoms with Crippen LogP contribution in [-0.4, -0.2) is 45.4 Å². The summed E-state index contributed by atoms with van der Waals surface area (Å²) in [5, 5.41) is 8.49. The lowest BCUT2D eigenvalue weighted by Crippen LogP contribution is -2.32. The zero-order valence-corrected chi connectivity index (χ0v) is 17.7. The second-order valence-corrected chi connectivity index (χ2v) is 8.40.